The van der Waals surface area contributed by atoms with Crippen LogP contribution in [-0.2, 0) is 0 Å². The molecule has 2 aliphatic heterocycles. The third-order valence-corrected chi connectivity index (χ3v) is 4.03. The van der Waals surface area contributed by atoms with Crippen LogP contribution in [0, 0.1) is 5.92 Å². The Balaban J connectivity index is 2.38. The lowest BCUT2D eigenvalue weighted by Gasteiger charge is -2.27. The maximum absolute atomic E-state index is 5.67. The average Bonchev–Trinajstić information content (AvgIpc) is 2.48. The molecular weight excluding hydrogens is 208 g/mol. The van der Waals surface area contributed by atoms with Crippen LogP contribution in [-0.4, -0.2) is 20.7 Å². The molecule has 0 aromatic heterocycles. The van der Waals surface area contributed by atoms with Gasteiger partial charge in [0, 0.05) is 5.92 Å². The highest BCUT2D eigenvalue weighted by atomic mass is 32.2. The Labute approximate surface area is 86.1 Å². The summed E-state index contributed by atoms with van der Waals surface area (Å²) in [5.41, 5.74) is 0. The largest absolute Gasteiger partial charge is 0.261 e. The molecule has 2 aliphatic rings. The molecule has 1 atom stereocenters. The van der Waals surface area contributed by atoms with Crippen LogP contribution in [0.5, 0.6) is 0 Å². The molecule has 0 spiro atoms. The highest BCUT2D eigenvalue weighted by molar-refractivity contribution is 8.03. The predicted octanol–water partition coefficient (Wildman–Crippen LogP) is 1.47. The highest BCUT2D eigenvalue weighted by Gasteiger charge is 2.32. The first-order valence-electron chi connectivity index (χ1n) is 3.67. The number of thiocarbonyl (C=S) groups is 2. The molecule has 0 radical (unpaired) electrons. The molecule has 5 heteroatoms. The van der Waals surface area contributed by atoms with E-state index in [0.29, 0.717) is 10.9 Å². The molecule has 0 aromatic rings. The second-order valence-corrected chi connectivity index (χ2v) is 4.79. The van der Waals surface area contributed by atoms with Gasteiger partial charge in [0.1, 0.15) is 9.98 Å². The second kappa shape index (κ2) is 3.06. The summed E-state index contributed by atoms with van der Waals surface area (Å²) in [7, 11) is 0. The lowest BCUT2D eigenvalue weighted by Crippen LogP contribution is -2.45. The number of rotatable bonds is 0. The molecule has 1 saturated heterocycles. The Hall–Kier alpha value is 0.0300. The molecule has 1 fully saturated rings. The zero-order valence-corrected chi connectivity index (χ0v) is 8.77. The van der Waals surface area contributed by atoms with Gasteiger partial charge in [0.15, 0.2) is 0 Å². The smallest absolute Gasteiger partial charge is 0.122 e. The minimum absolute atomic E-state index is 0.363. The lowest BCUT2D eigenvalue weighted by atomic mass is 10.0. The Morgan fingerprint density at radius 2 is 2.33 bits per heavy atom. The average molecular weight is 216 g/mol. The molecule has 2 rings (SSSR count). The minimum Gasteiger partial charge on any atom is -0.261 e. The molecule has 0 saturated carbocycles. The third kappa shape index (κ3) is 1.21. The van der Waals surface area contributed by atoms with Crippen LogP contribution in [0.4, 0.5) is 0 Å². The summed E-state index contributed by atoms with van der Waals surface area (Å²) in [6, 6.07) is 0. The van der Waals surface area contributed by atoms with E-state index in [9.17, 15) is 0 Å². The van der Waals surface area contributed by atoms with Gasteiger partial charge in [0.2, 0.25) is 0 Å². The fraction of sp³-hybridized carbons (Fsp3) is 0.429. The molecule has 64 valence electrons. The summed E-state index contributed by atoms with van der Waals surface area (Å²) in [6.07, 6.45) is 3.07. The predicted molar refractivity (Wildman–Crippen MR) is 59.9 cm³/mol. The molecule has 0 aromatic carbocycles. The number of nitrogens with zero attached hydrogens (tertiary/aromatic N) is 1. The van der Waals surface area contributed by atoms with Crippen LogP contribution < -0.4 is 5.84 Å². The van der Waals surface area contributed by atoms with Crippen molar-refractivity contribution in [1.29, 1.82) is 0 Å². The fourth-order valence-electron chi connectivity index (χ4n) is 1.39. The van der Waals surface area contributed by atoms with Gasteiger partial charge in [-0.3, -0.25) is 5.01 Å². The van der Waals surface area contributed by atoms with Gasteiger partial charge in [-0.05, 0) is 23.2 Å². The van der Waals surface area contributed by atoms with Crippen molar-refractivity contribution in [3.05, 3.63) is 11.0 Å². The maximum Gasteiger partial charge on any atom is 0.122 e. The van der Waals surface area contributed by atoms with E-state index in [1.54, 1.807) is 0 Å². The van der Waals surface area contributed by atoms with E-state index in [-0.39, 0.29) is 0 Å². The molecule has 1 unspecified atom stereocenters. The van der Waals surface area contributed by atoms with Gasteiger partial charge < -0.3 is 0 Å². The van der Waals surface area contributed by atoms with Gasteiger partial charge in [-0.25, -0.2) is 5.84 Å². The number of hydrogen-bond acceptors (Lipinski definition) is 4. The van der Waals surface area contributed by atoms with Crippen molar-refractivity contribution in [2.24, 2.45) is 11.8 Å². The minimum atomic E-state index is 0.363. The van der Waals surface area contributed by atoms with Crippen molar-refractivity contribution in [3.8, 4) is 0 Å². The van der Waals surface area contributed by atoms with Gasteiger partial charge in [-0.15, -0.1) is 11.8 Å². The number of hydrazine groups is 1. The van der Waals surface area contributed by atoms with Crippen molar-refractivity contribution >= 4 is 46.2 Å². The maximum atomic E-state index is 5.67. The number of thioether (sulfide) groups is 1. The van der Waals surface area contributed by atoms with E-state index < -0.39 is 0 Å². The normalized spacial score (nSPS) is 28.9. The standard InChI is InChI=1S/C7H8N2S3/c8-9-6(10)3-5-4(7(9)11)1-2-12-5/h3-4H,1-2,8H2. The summed E-state index contributed by atoms with van der Waals surface area (Å²) < 4.78 is 0. The van der Waals surface area contributed by atoms with E-state index in [2.05, 4.69) is 0 Å². The van der Waals surface area contributed by atoms with Crippen molar-refractivity contribution < 1.29 is 0 Å². The van der Waals surface area contributed by atoms with Crippen molar-refractivity contribution in [3.63, 3.8) is 0 Å². The highest BCUT2D eigenvalue weighted by Crippen LogP contribution is 2.39. The number of hydrogen-bond donors (Lipinski definition) is 1. The second-order valence-electron chi connectivity index (χ2n) is 2.78. The first kappa shape index (κ1) is 8.62. The SMILES string of the molecule is NN1C(=S)C=C2SCCC2C1=S. The van der Waals surface area contributed by atoms with Crippen LogP contribution in [0.15, 0.2) is 11.0 Å². The monoisotopic (exact) mass is 216 g/mol. The number of fused-ring (bicyclic) bond motifs is 1. The lowest BCUT2D eigenvalue weighted by molar-refractivity contribution is 0.619. The van der Waals surface area contributed by atoms with Crippen LogP contribution in [0.1, 0.15) is 6.42 Å². The Bertz CT molecular complexity index is 284. The summed E-state index contributed by atoms with van der Waals surface area (Å²) >= 11 is 12.1. The fourth-order valence-corrected chi connectivity index (χ4v) is 3.38. The zero-order chi connectivity index (χ0) is 8.72. The van der Waals surface area contributed by atoms with E-state index in [0.717, 1.165) is 17.2 Å². The van der Waals surface area contributed by atoms with Gasteiger partial charge in [0.05, 0.1) is 0 Å². The Kier molecular flexibility index (Phi) is 2.20. The van der Waals surface area contributed by atoms with E-state index in [1.807, 2.05) is 17.8 Å². The molecule has 2 nitrogen and oxygen atoms in total. The van der Waals surface area contributed by atoms with Crippen LogP contribution in [0.2, 0.25) is 0 Å². The third-order valence-electron chi connectivity index (χ3n) is 2.06. The van der Waals surface area contributed by atoms with Crippen LogP contribution in [0.3, 0.4) is 0 Å². The quantitative estimate of drug-likeness (QED) is 0.489. The van der Waals surface area contributed by atoms with Gasteiger partial charge in [-0.1, -0.05) is 24.4 Å². The van der Waals surface area contributed by atoms with E-state index in [4.69, 9.17) is 30.3 Å². The summed E-state index contributed by atoms with van der Waals surface area (Å²) in [4.78, 5) is 2.72. The molecule has 2 heterocycles. The van der Waals surface area contributed by atoms with Crippen molar-refractivity contribution in [2.45, 2.75) is 6.42 Å². The van der Waals surface area contributed by atoms with Gasteiger partial charge >= 0.3 is 0 Å². The summed E-state index contributed by atoms with van der Waals surface area (Å²) in [5.74, 6) is 7.17. The molecule has 0 aliphatic carbocycles. The first-order chi connectivity index (χ1) is 5.70. The molecule has 2 N–H and O–H groups in total. The summed E-state index contributed by atoms with van der Waals surface area (Å²) in [5, 5.41) is 1.45. The Morgan fingerprint density at radius 3 is 3.08 bits per heavy atom. The van der Waals surface area contributed by atoms with Crippen molar-refractivity contribution in [1.82, 2.24) is 5.01 Å². The van der Waals surface area contributed by atoms with E-state index in [1.165, 1.54) is 9.91 Å². The van der Waals surface area contributed by atoms with Crippen molar-refractivity contribution in [2.75, 3.05) is 5.75 Å². The van der Waals surface area contributed by atoms with E-state index >= 15 is 0 Å². The Morgan fingerprint density at radius 1 is 1.58 bits per heavy atom. The summed E-state index contributed by atoms with van der Waals surface area (Å²) in [6.45, 7) is 0. The van der Waals surface area contributed by atoms with Gasteiger partial charge in [0.25, 0.3) is 0 Å². The molecule has 0 amide bonds. The van der Waals surface area contributed by atoms with Gasteiger partial charge in [-0.2, -0.15) is 0 Å². The molecule has 12 heavy (non-hydrogen) atoms. The van der Waals surface area contributed by atoms with Crippen LogP contribution in [0.25, 0.3) is 0 Å². The number of nitrogens with two attached hydrogens (primary N) is 1. The molecular formula is C7H8N2S3. The first-order valence-corrected chi connectivity index (χ1v) is 5.47. The van der Waals surface area contributed by atoms with Crippen LogP contribution >= 0.6 is 36.2 Å². The zero-order valence-electron chi connectivity index (χ0n) is 6.32. The topological polar surface area (TPSA) is 29.3 Å². The molecule has 0 bridgehead atoms.